The topological polar surface area (TPSA) is 43.1 Å². The summed E-state index contributed by atoms with van der Waals surface area (Å²) in [6.45, 7) is 0. The molecule has 2 saturated carbocycles. The Kier molecular flexibility index (Phi) is 2.18. The van der Waals surface area contributed by atoms with Crippen molar-refractivity contribution in [3.05, 3.63) is 0 Å². The number of rotatable bonds is 0. The van der Waals surface area contributed by atoms with E-state index in [1.165, 1.54) is 25.7 Å². The van der Waals surface area contributed by atoms with E-state index in [-0.39, 0.29) is 6.04 Å². The van der Waals surface area contributed by atoms with Gasteiger partial charge in [0, 0.05) is 6.42 Å². The van der Waals surface area contributed by atoms with Crippen LogP contribution in [0.3, 0.4) is 0 Å². The number of carbonyl (C=O) groups excluding carboxylic acids is 1. The van der Waals surface area contributed by atoms with Crippen molar-refractivity contribution in [2.24, 2.45) is 17.6 Å². The fraction of sp³-hybridized carbons (Fsp3) is 0.900. The maximum Gasteiger partial charge on any atom is 0.149 e. The van der Waals surface area contributed by atoms with Gasteiger partial charge in [-0.15, -0.1) is 0 Å². The number of Topliss-reactive ketones (excluding diaryl/α,β-unsaturated/α-hetero) is 1. The van der Waals surface area contributed by atoms with Crippen molar-refractivity contribution >= 4 is 5.78 Å². The first-order valence-electron chi connectivity index (χ1n) is 5.05. The number of ketones is 1. The summed E-state index contributed by atoms with van der Waals surface area (Å²) in [6.07, 6.45) is 6.98. The first-order valence-corrected chi connectivity index (χ1v) is 5.05. The molecule has 2 aliphatic carbocycles. The molecule has 0 aromatic rings. The second-order valence-corrected chi connectivity index (χ2v) is 4.32. The van der Waals surface area contributed by atoms with E-state index in [1.54, 1.807) is 0 Å². The molecule has 0 heterocycles. The third kappa shape index (κ3) is 1.40. The third-order valence-electron chi connectivity index (χ3n) is 3.50. The second-order valence-electron chi connectivity index (χ2n) is 4.32. The molecule has 0 aromatic carbocycles. The summed E-state index contributed by atoms with van der Waals surface area (Å²) in [6, 6.07) is -0.135. The summed E-state index contributed by atoms with van der Waals surface area (Å²) >= 11 is 0. The van der Waals surface area contributed by atoms with Crippen LogP contribution >= 0.6 is 0 Å². The van der Waals surface area contributed by atoms with Crippen LogP contribution in [0.25, 0.3) is 0 Å². The standard InChI is InChI=1S/C10H17NO/c11-9-5-7-3-1-2-4-8(7)6-10(9)12/h7-9H,1-6,11H2/t7-,8+,9+/m0/s1. The van der Waals surface area contributed by atoms with Gasteiger partial charge in [0.2, 0.25) is 0 Å². The number of fused-ring (bicyclic) bond motifs is 1. The third-order valence-corrected chi connectivity index (χ3v) is 3.50. The average molecular weight is 167 g/mol. The van der Waals surface area contributed by atoms with E-state index >= 15 is 0 Å². The predicted molar refractivity (Wildman–Crippen MR) is 47.7 cm³/mol. The molecule has 0 aromatic heterocycles. The minimum absolute atomic E-state index is 0.135. The van der Waals surface area contributed by atoms with Gasteiger partial charge in [-0.25, -0.2) is 0 Å². The number of hydrogen-bond donors (Lipinski definition) is 1. The minimum atomic E-state index is -0.135. The Morgan fingerprint density at radius 3 is 2.58 bits per heavy atom. The zero-order valence-corrected chi connectivity index (χ0v) is 7.46. The first kappa shape index (κ1) is 8.24. The molecule has 0 unspecified atom stereocenters. The molecule has 2 rings (SSSR count). The van der Waals surface area contributed by atoms with Gasteiger partial charge in [-0.1, -0.05) is 19.3 Å². The van der Waals surface area contributed by atoms with E-state index in [1.807, 2.05) is 0 Å². The maximum absolute atomic E-state index is 11.3. The van der Waals surface area contributed by atoms with E-state index in [4.69, 9.17) is 5.73 Å². The van der Waals surface area contributed by atoms with Gasteiger partial charge in [-0.2, -0.15) is 0 Å². The van der Waals surface area contributed by atoms with Gasteiger partial charge in [0.15, 0.2) is 0 Å². The average Bonchev–Trinajstić information content (AvgIpc) is 2.07. The zero-order valence-electron chi connectivity index (χ0n) is 7.46. The molecule has 0 saturated heterocycles. The minimum Gasteiger partial charge on any atom is -0.321 e. The highest BCUT2D eigenvalue weighted by Crippen LogP contribution is 2.38. The second kappa shape index (κ2) is 3.17. The van der Waals surface area contributed by atoms with Crippen LogP contribution in [0.2, 0.25) is 0 Å². The van der Waals surface area contributed by atoms with Crippen LogP contribution in [0.1, 0.15) is 38.5 Å². The summed E-state index contributed by atoms with van der Waals surface area (Å²) in [5, 5.41) is 0. The lowest BCUT2D eigenvalue weighted by atomic mass is 9.69. The van der Waals surface area contributed by atoms with Crippen molar-refractivity contribution in [2.45, 2.75) is 44.6 Å². The molecule has 0 spiro atoms. The van der Waals surface area contributed by atoms with E-state index in [2.05, 4.69) is 0 Å². The van der Waals surface area contributed by atoms with Gasteiger partial charge < -0.3 is 5.73 Å². The smallest absolute Gasteiger partial charge is 0.149 e. The number of hydrogen-bond acceptors (Lipinski definition) is 2. The van der Waals surface area contributed by atoms with Crippen LogP contribution in [0, 0.1) is 11.8 Å². The number of carbonyl (C=O) groups is 1. The maximum atomic E-state index is 11.3. The molecule has 0 aliphatic heterocycles. The van der Waals surface area contributed by atoms with Crippen molar-refractivity contribution in [2.75, 3.05) is 0 Å². The lowest BCUT2D eigenvalue weighted by Crippen LogP contribution is -2.42. The van der Waals surface area contributed by atoms with Gasteiger partial charge in [0.05, 0.1) is 6.04 Å². The molecule has 12 heavy (non-hydrogen) atoms. The van der Waals surface area contributed by atoms with Crippen molar-refractivity contribution in [1.82, 2.24) is 0 Å². The highest BCUT2D eigenvalue weighted by atomic mass is 16.1. The molecule has 0 amide bonds. The van der Waals surface area contributed by atoms with Crippen LogP contribution in [0.4, 0.5) is 0 Å². The van der Waals surface area contributed by atoms with Gasteiger partial charge in [0.25, 0.3) is 0 Å². The van der Waals surface area contributed by atoms with Crippen molar-refractivity contribution in [3.8, 4) is 0 Å². The van der Waals surface area contributed by atoms with Crippen molar-refractivity contribution < 1.29 is 4.79 Å². The lowest BCUT2D eigenvalue weighted by Gasteiger charge is -2.37. The Morgan fingerprint density at radius 1 is 1.17 bits per heavy atom. The zero-order chi connectivity index (χ0) is 8.55. The van der Waals surface area contributed by atoms with Crippen molar-refractivity contribution in [3.63, 3.8) is 0 Å². The molecule has 2 heteroatoms. The van der Waals surface area contributed by atoms with Gasteiger partial charge in [-0.3, -0.25) is 4.79 Å². The molecule has 2 aliphatic rings. The Labute approximate surface area is 73.5 Å². The Hall–Kier alpha value is -0.370. The SMILES string of the molecule is N[C@@H]1C[C@@H]2CCCC[C@@H]2CC1=O. The molecule has 2 nitrogen and oxygen atoms in total. The van der Waals surface area contributed by atoms with Crippen molar-refractivity contribution in [1.29, 1.82) is 0 Å². The van der Waals surface area contributed by atoms with Crippen LogP contribution in [-0.2, 0) is 4.79 Å². The van der Waals surface area contributed by atoms with Gasteiger partial charge in [-0.05, 0) is 24.7 Å². The highest BCUT2D eigenvalue weighted by molar-refractivity contribution is 5.84. The van der Waals surface area contributed by atoms with Crippen LogP contribution < -0.4 is 5.73 Å². The van der Waals surface area contributed by atoms with Crippen LogP contribution in [0.5, 0.6) is 0 Å². The summed E-state index contributed by atoms with van der Waals surface area (Å²) in [7, 11) is 0. The molecule has 2 N–H and O–H groups in total. The molecular formula is C10H17NO. The Balaban J connectivity index is 2.02. The van der Waals surface area contributed by atoms with Gasteiger partial charge >= 0.3 is 0 Å². The van der Waals surface area contributed by atoms with E-state index in [0.717, 1.165) is 18.8 Å². The van der Waals surface area contributed by atoms with Crippen LogP contribution in [-0.4, -0.2) is 11.8 Å². The summed E-state index contributed by atoms with van der Waals surface area (Å²) in [5.41, 5.74) is 5.74. The van der Waals surface area contributed by atoms with E-state index in [0.29, 0.717) is 11.7 Å². The fourth-order valence-electron chi connectivity index (χ4n) is 2.73. The van der Waals surface area contributed by atoms with Crippen LogP contribution in [0.15, 0.2) is 0 Å². The summed E-state index contributed by atoms with van der Waals surface area (Å²) in [5.74, 6) is 1.76. The Morgan fingerprint density at radius 2 is 1.83 bits per heavy atom. The van der Waals surface area contributed by atoms with E-state index in [9.17, 15) is 4.79 Å². The molecule has 0 radical (unpaired) electrons. The van der Waals surface area contributed by atoms with E-state index < -0.39 is 0 Å². The Bertz CT molecular complexity index is 190. The van der Waals surface area contributed by atoms with Gasteiger partial charge in [0.1, 0.15) is 5.78 Å². The molecule has 0 bridgehead atoms. The monoisotopic (exact) mass is 167 g/mol. The molecule has 2 fully saturated rings. The largest absolute Gasteiger partial charge is 0.321 e. The molecule has 3 atom stereocenters. The number of nitrogens with two attached hydrogens (primary N) is 1. The summed E-state index contributed by atoms with van der Waals surface area (Å²) in [4.78, 5) is 11.3. The highest BCUT2D eigenvalue weighted by Gasteiger charge is 2.35. The summed E-state index contributed by atoms with van der Waals surface area (Å²) < 4.78 is 0. The predicted octanol–water partition coefficient (Wildman–Crippen LogP) is 1.48. The quantitative estimate of drug-likeness (QED) is 0.594. The fourth-order valence-corrected chi connectivity index (χ4v) is 2.73. The molecule has 68 valence electrons. The first-order chi connectivity index (χ1) is 5.77. The normalized spacial score (nSPS) is 42.4. The lowest BCUT2D eigenvalue weighted by molar-refractivity contribution is -0.124. The molecular weight excluding hydrogens is 150 g/mol.